The van der Waals surface area contributed by atoms with Crippen LogP contribution in [0.1, 0.15) is 27.2 Å². The molecule has 0 saturated heterocycles. The molecule has 0 aliphatic rings. The number of thiophene rings is 1. The molecule has 2 rings (SSSR count). The van der Waals surface area contributed by atoms with Crippen LogP contribution < -0.4 is 5.32 Å². The average molecular weight is 266 g/mol. The summed E-state index contributed by atoms with van der Waals surface area (Å²) in [7, 11) is 0. The van der Waals surface area contributed by atoms with E-state index in [1.165, 1.54) is 17.4 Å². The number of nitrogens with one attached hydrogen (secondary N) is 1. The molecule has 0 radical (unpaired) electrons. The first-order valence-electron chi connectivity index (χ1n) is 5.08. The van der Waals surface area contributed by atoms with Crippen LogP contribution in [0.3, 0.4) is 0 Å². The fourth-order valence-corrected chi connectivity index (χ4v) is 2.16. The van der Waals surface area contributed by atoms with Crippen molar-refractivity contribution in [3.8, 4) is 0 Å². The Morgan fingerprint density at radius 3 is 2.83 bits per heavy atom. The van der Waals surface area contributed by atoms with Gasteiger partial charge in [-0.1, -0.05) is 11.2 Å². The van der Waals surface area contributed by atoms with Crippen LogP contribution in [0.2, 0.25) is 0 Å². The van der Waals surface area contributed by atoms with Gasteiger partial charge in [0.1, 0.15) is 5.76 Å². The van der Waals surface area contributed by atoms with E-state index in [4.69, 9.17) is 9.63 Å². The zero-order valence-corrected chi connectivity index (χ0v) is 10.2. The van der Waals surface area contributed by atoms with Gasteiger partial charge in [-0.05, 0) is 18.4 Å². The number of carbonyl (C=O) groups is 2. The number of carbonyl (C=O) groups excluding carboxylic acids is 1. The van der Waals surface area contributed by atoms with Gasteiger partial charge in [0.2, 0.25) is 0 Å². The van der Waals surface area contributed by atoms with E-state index in [0.717, 1.165) is 0 Å². The summed E-state index contributed by atoms with van der Waals surface area (Å²) in [6, 6.07) is 3.75. The normalized spacial score (nSPS) is 12.1. The van der Waals surface area contributed by atoms with Crippen molar-refractivity contribution >= 4 is 23.2 Å². The Balaban J connectivity index is 2.15. The molecule has 2 aromatic heterocycles. The Bertz CT molecular complexity index is 561. The molecule has 2 aromatic rings. The van der Waals surface area contributed by atoms with E-state index in [1.807, 2.05) is 0 Å². The molecule has 0 aromatic carbocycles. The summed E-state index contributed by atoms with van der Waals surface area (Å²) in [5.41, 5.74) is 0.0651. The molecule has 94 valence electrons. The molecule has 0 fully saturated rings. The molecule has 0 spiro atoms. The van der Waals surface area contributed by atoms with Crippen LogP contribution >= 0.6 is 11.3 Å². The second-order valence-electron chi connectivity index (χ2n) is 3.58. The average Bonchev–Trinajstić information content (AvgIpc) is 2.95. The lowest BCUT2D eigenvalue weighted by Gasteiger charge is -2.11. The van der Waals surface area contributed by atoms with Crippen LogP contribution in [-0.4, -0.2) is 22.1 Å². The molecule has 0 aliphatic carbocycles. The SMILES string of the molecule is Cc1cc(C(=O)NC(C(=O)O)c2cccs2)no1. The summed E-state index contributed by atoms with van der Waals surface area (Å²) in [6.45, 7) is 1.65. The predicted molar refractivity (Wildman–Crippen MR) is 63.4 cm³/mol. The van der Waals surface area contributed by atoms with Crippen molar-refractivity contribution < 1.29 is 19.2 Å². The lowest BCUT2D eigenvalue weighted by molar-refractivity contribution is -0.139. The maximum Gasteiger partial charge on any atom is 0.331 e. The predicted octanol–water partition coefficient (Wildman–Crippen LogP) is 1.60. The highest BCUT2D eigenvalue weighted by atomic mass is 32.1. The highest BCUT2D eigenvalue weighted by Crippen LogP contribution is 2.19. The largest absolute Gasteiger partial charge is 0.479 e. The molecule has 18 heavy (non-hydrogen) atoms. The molecule has 2 heterocycles. The maximum absolute atomic E-state index is 11.8. The van der Waals surface area contributed by atoms with Crippen molar-refractivity contribution in [1.82, 2.24) is 10.5 Å². The molecule has 0 bridgehead atoms. The van der Waals surface area contributed by atoms with Crippen molar-refractivity contribution in [2.24, 2.45) is 0 Å². The van der Waals surface area contributed by atoms with Crippen LogP contribution in [0.25, 0.3) is 0 Å². The first-order valence-corrected chi connectivity index (χ1v) is 5.96. The number of nitrogens with zero attached hydrogens (tertiary/aromatic N) is 1. The van der Waals surface area contributed by atoms with Crippen molar-refractivity contribution in [2.45, 2.75) is 13.0 Å². The van der Waals surface area contributed by atoms with E-state index in [1.54, 1.807) is 24.4 Å². The quantitative estimate of drug-likeness (QED) is 0.876. The molecule has 6 nitrogen and oxygen atoms in total. The Labute approximate surface area is 106 Å². The first-order chi connectivity index (χ1) is 8.58. The third-order valence-corrected chi connectivity index (χ3v) is 3.15. The molecular formula is C11H10N2O4S. The number of hydrogen-bond donors (Lipinski definition) is 2. The van der Waals surface area contributed by atoms with Gasteiger partial charge in [-0.25, -0.2) is 4.79 Å². The zero-order valence-electron chi connectivity index (χ0n) is 9.41. The monoisotopic (exact) mass is 266 g/mol. The Morgan fingerprint density at radius 1 is 1.56 bits per heavy atom. The fraction of sp³-hybridized carbons (Fsp3) is 0.182. The number of aryl methyl sites for hydroxylation is 1. The topological polar surface area (TPSA) is 92.4 Å². The highest BCUT2D eigenvalue weighted by molar-refractivity contribution is 7.10. The van der Waals surface area contributed by atoms with Crippen LogP contribution in [0.5, 0.6) is 0 Å². The standard InChI is InChI=1S/C11H10N2O4S/c1-6-5-7(13-17-6)10(14)12-9(11(15)16)8-3-2-4-18-8/h2-5,9H,1H3,(H,12,14)(H,15,16). The van der Waals surface area contributed by atoms with Gasteiger partial charge in [0, 0.05) is 10.9 Å². The maximum atomic E-state index is 11.8. The Kier molecular flexibility index (Phi) is 3.42. The minimum atomic E-state index is -1.12. The van der Waals surface area contributed by atoms with Crippen molar-refractivity contribution in [3.05, 3.63) is 39.9 Å². The number of carboxylic acids is 1. The van der Waals surface area contributed by atoms with Crippen LogP contribution in [0.4, 0.5) is 0 Å². The van der Waals surface area contributed by atoms with Gasteiger partial charge < -0.3 is 14.9 Å². The van der Waals surface area contributed by atoms with Gasteiger partial charge in [0.15, 0.2) is 11.7 Å². The first kappa shape index (κ1) is 12.3. The fourth-order valence-electron chi connectivity index (χ4n) is 1.39. The summed E-state index contributed by atoms with van der Waals surface area (Å²) in [5.74, 6) is -1.21. The molecule has 0 saturated carbocycles. The third-order valence-electron chi connectivity index (χ3n) is 2.21. The van der Waals surface area contributed by atoms with E-state index in [9.17, 15) is 9.59 Å². The number of amides is 1. The van der Waals surface area contributed by atoms with E-state index >= 15 is 0 Å². The van der Waals surface area contributed by atoms with Gasteiger partial charge >= 0.3 is 5.97 Å². The molecule has 1 unspecified atom stereocenters. The van der Waals surface area contributed by atoms with E-state index in [2.05, 4.69) is 10.5 Å². The van der Waals surface area contributed by atoms with Gasteiger partial charge in [0.25, 0.3) is 5.91 Å². The number of hydrogen-bond acceptors (Lipinski definition) is 5. The highest BCUT2D eigenvalue weighted by Gasteiger charge is 2.24. The number of rotatable bonds is 4. The molecule has 1 atom stereocenters. The van der Waals surface area contributed by atoms with Gasteiger partial charge in [-0.15, -0.1) is 11.3 Å². The van der Waals surface area contributed by atoms with E-state index in [0.29, 0.717) is 10.6 Å². The molecule has 2 N–H and O–H groups in total. The van der Waals surface area contributed by atoms with Crippen LogP contribution in [-0.2, 0) is 4.79 Å². The summed E-state index contributed by atoms with van der Waals surface area (Å²) in [4.78, 5) is 23.4. The lowest BCUT2D eigenvalue weighted by Crippen LogP contribution is -2.33. The minimum absolute atomic E-state index is 0.0651. The van der Waals surface area contributed by atoms with Gasteiger partial charge in [0.05, 0.1) is 0 Å². The summed E-state index contributed by atoms with van der Waals surface area (Å²) in [5, 5.41) is 16.8. The molecule has 7 heteroatoms. The number of carboxylic acid groups (broad SMARTS) is 1. The van der Waals surface area contributed by atoms with Crippen molar-refractivity contribution in [2.75, 3.05) is 0 Å². The number of aromatic nitrogens is 1. The van der Waals surface area contributed by atoms with Crippen LogP contribution in [0.15, 0.2) is 28.1 Å². The van der Waals surface area contributed by atoms with E-state index < -0.39 is 17.9 Å². The second-order valence-corrected chi connectivity index (χ2v) is 4.56. The summed E-state index contributed by atoms with van der Waals surface area (Å²) >= 11 is 1.26. The smallest absolute Gasteiger partial charge is 0.331 e. The lowest BCUT2D eigenvalue weighted by atomic mass is 10.2. The summed E-state index contributed by atoms with van der Waals surface area (Å²) < 4.78 is 4.76. The number of aliphatic carboxylic acids is 1. The van der Waals surface area contributed by atoms with Crippen LogP contribution in [0, 0.1) is 6.92 Å². The molecule has 1 amide bonds. The van der Waals surface area contributed by atoms with Gasteiger partial charge in [-0.2, -0.15) is 0 Å². The molecule has 0 aliphatic heterocycles. The Hall–Kier alpha value is -2.15. The third kappa shape index (κ3) is 2.57. The molecular weight excluding hydrogens is 256 g/mol. The minimum Gasteiger partial charge on any atom is -0.479 e. The van der Waals surface area contributed by atoms with Gasteiger partial charge in [-0.3, -0.25) is 4.79 Å². The second kappa shape index (κ2) is 5.01. The van der Waals surface area contributed by atoms with E-state index in [-0.39, 0.29) is 5.69 Å². The summed E-state index contributed by atoms with van der Waals surface area (Å²) in [6.07, 6.45) is 0. The van der Waals surface area contributed by atoms with Crippen molar-refractivity contribution in [1.29, 1.82) is 0 Å². The Morgan fingerprint density at radius 2 is 2.33 bits per heavy atom. The van der Waals surface area contributed by atoms with Crippen molar-refractivity contribution in [3.63, 3.8) is 0 Å². The zero-order chi connectivity index (χ0) is 13.1.